The molecule has 0 amide bonds. The monoisotopic (exact) mass is 382 g/mol. The summed E-state index contributed by atoms with van der Waals surface area (Å²) >= 11 is 0. The number of aromatic nitrogens is 6. The zero-order valence-electron chi connectivity index (χ0n) is 16.5. The largest absolute Gasteiger partial charge is 0.261 e. The van der Waals surface area contributed by atoms with E-state index in [2.05, 4.69) is 56.3 Å². The van der Waals surface area contributed by atoms with Crippen LogP contribution >= 0.6 is 0 Å². The molecule has 0 saturated heterocycles. The number of hydrogen-bond acceptors (Lipinski definition) is 6. The number of rotatable bonds is 6. The Kier molecular flexibility index (Phi) is 5.61. The van der Waals surface area contributed by atoms with Crippen molar-refractivity contribution in [3.05, 3.63) is 83.9 Å². The lowest BCUT2D eigenvalue weighted by molar-refractivity contribution is 0.635. The van der Waals surface area contributed by atoms with Gasteiger partial charge in [-0.25, -0.2) is 0 Å². The van der Waals surface area contributed by atoms with Crippen LogP contribution in [0.25, 0.3) is 22.8 Å². The molecule has 144 valence electrons. The molecule has 29 heavy (non-hydrogen) atoms. The molecule has 0 fully saturated rings. The Morgan fingerprint density at radius 1 is 0.759 bits per heavy atom. The second kappa shape index (κ2) is 8.65. The number of hydrogen-bond donors (Lipinski definition) is 0. The van der Waals surface area contributed by atoms with Crippen molar-refractivity contribution >= 4 is 0 Å². The number of nitrogens with zero attached hydrogens (tertiary/aromatic N) is 6. The normalized spacial score (nSPS) is 11.0. The molecular formula is C23H22N6. The summed E-state index contributed by atoms with van der Waals surface area (Å²) in [5, 5.41) is 17.3. The predicted octanol–water partition coefficient (Wildman–Crippen LogP) is 4.18. The maximum absolute atomic E-state index is 4.53. The van der Waals surface area contributed by atoms with Gasteiger partial charge in [-0.3, -0.25) is 9.97 Å². The molecule has 0 radical (unpaired) electrons. The minimum atomic E-state index is 0.476. The van der Waals surface area contributed by atoms with E-state index in [0.717, 1.165) is 28.9 Å². The molecule has 3 aromatic heterocycles. The van der Waals surface area contributed by atoms with Crippen LogP contribution in [0.2, 0.25) is 0 Å². The molecule has 0 unspecified atom stereocenters. The Labute approximate surface area is 170 Å². The summed E-state index contributed by atoms with van der Waals surface area (Å²) in [4.78, 5) is 8.94. The highest BCUT2D eigenvalue weighted by molar-refractivity contribution is 5.59. The first-order chi connectivity index (χ1) is 14.2. The molecule has 0 spiro atoms. The van der Waals surface area contributed by atoms with Gasteiger partial charge >= 0.3 is 0 Å². The number of pyridine rings is 2. The Hall–Kier alpha value is -3.54. The highest BCUT2D eigenvalue weighted by Crippen LogP contribution is 2.21. The van der Waals surface area contributed by atoms with Gasteiger partial charge in [-0.05, 0) is 42.2 Å². The average molecular weight is 382 g/mol. The fraction of sp³-hybridized carbons (Fsp3) is 0.217. The first kappa shape index (κ1) is 18.8. The highest BCUT2D eigenvalue weighted by atomic mass is 15.3. The molecule has 0 N–H and O–H groups in total. The van der Waals surface area contributed by atoms with Gasteiger partial charge in [0.1, 0.15) is 0 Å². The van der Waals surface area contributed by atoms with Crippen LogP contribution in [0.1, 0.15) is 30.8 Å². The molecular weight excluding hydrogens is 360 g/mol. The lowest BCUT2D eigenvalue weighted by Crippen LogP contribution is -2.04. The van der Waals surface area contributed by atoms with E-state index < -0.39 is 0 Å². The molecule has 4 rings (SSSR count). The molecule has 0 aliphatic heterocycles. The summed E-state index contributed by atoms with van der Waals surface area (Å²) in [6, 6.07) is 17.9. The molecule has 0 bridgehead atoms. The standard InChI is InChI=1S/C23H22N6/c1-16(2)13-19-15-18(10-12-24-19)22-26-28-23(29-27-22)20-9-6-11-25-21(20)14-17-7-4-3-5-8-17/h3-12,15-16H,13-14H2,1-2H3. The van der Waals surface area contributed by atoms with Gasteiger partial charge in [0.15, 0.2) is 0 Å². The molecule has 0 aliphatic rings. The zero-order chi connectivity index (χ0) is 20.1. The first-order valence-corrected chi connectivity index (χ1v) is 9.70. The van der Waals surface area contributed by atoms with Crippen LogP contribution in [0.4, 0.5) is 0 Å². The van der Waals surface area contributed by atoms with E-state index in [9.17, 15) is 0 Å². The van der Waals surface area contributed by atoms with Crippen LogP contribution < -0.4 is 0 Å². The van der Waals surface area contributed by atoms with E-state index in [1.54, 1.807) is 12.4 Å². The Morgan fingerprint density at radius 3 is 2.28 bits per heavy atom. The van der Waals surface area contributed by atoms with Gasteiger partial charge in [-0.2, -0.15) is 0 Å². The molecule has 3 heterocycles. The lowest BCUT2D eigenvalue weighted by Gasteiger charge is -2.08. The second-order valence-electron chi connectivity index (χ2n) is 7.34. The summed E-state index contributed by atoms with van der Waals surface area (Å²) in [7, 11) is 0. The van der Waals surface area contributed by atoms with Gasteiger partial charge in [0, 0.05) is 35.6 Å². The maximum Gasteiger partial charge on any atom is 0.205 e. The van der Waals surface area contributed by atoms with E-state index >= 15 is 0 Å². The SMILES string of the molecule is CC(C)Cc1cc(-c2nnc(-c3cccnc3Cc3ccccc3)nn2)ccn1. The quantitative estimate of drug-likeness (QED) is 0.498. The number of benzene rings is 1. The van der Waals surface area contributed by atoms with E-state index in [1.165, 1.54) is 5.56 Å². The van der Waals surface area contributed by atoms with Gasteiger partial charge in [0.25, 0.3) is 0 Å². The van der Waals surface area contributed by atoms with Gasteiger partial charge in [-0.15, -0.1) is 20.4 Å². The van der Waals surface area contributed by atoms with Crippen LogP contribution in [-0.2, 0) is 12.8 Å². The Balaban J connectivity index is 1.61. The van der Waals surface area contributed by atoms with Gasteiger partial charge < -0.3 is 0 Å². The molecule has 0 saturated carbocycles. The van der Waals surface area contributed by atoms with Crippen molar-refractivity contribution in [1.82, 2.24) is 30.4 Å². The van der Waals surface area contributed by atoms with Crippen LogP contribution in [-0.4, -0.2) is 30.4 Å². The third kappa shape index (κ3) is 4.66. The van der Waals surface area contributed by atoms with E-state index in [1.807, 2.05) is 42.5 Å². The maximum atomic E-state index is 4.53. The van der Waals surface area contributed by atoms with Gasteiger partial charge in [0.2, 0.25) is 11.6 Å². The summed E-state index contributed by atoms with van der Waals surface area (Å²) in [5.41, 5.74) is 4.82. The second-order valence-corrected chi connectivity index (χ2v) is 7.34. The van der Waals surface area contributed by atoms with Gasteiger partial charge in [0.05, 0.1) is 5.69 Å². The topological polar surface area (TPSA) is 77.3 Å². The Bertz CT molecular complexity index is 1080. The zero-order valence-corrected chi connectivity index (χ0v) is 16.5. The summed E-state index contributed by atoms with van der Waals surface area (Å²) in [5.74, 6) is 1.50. The smallest absolute Gasteiger partial charge is 0.205 e. The third-order valence-electron chi connectivity index (χ3n) is 4.52. The fourth-order valence-corrected chi connectivity index (χ4v) is 3.17. The summed E-state index contributed by atoms with van der Waals surface area (Å²) < 4.78 is 0. The van der Waals surface area contributed by atoms with Crippen molar-refractivity contribution in [3.8, 4) is 22.8 Å². The van der Waals surface area contributed by atoms with E-state index in [4.69, 9.17) is 0 Å². The predicted molar refractivity (Wildman–Crippen MR) is 112 cm³/mol. The van der Waals surface area contributed by atoms with Crippen molar-refractivity contribution < 1.29 is 0 Å². The van der Waals surface area contributed by atoms with Crippen molar-refractivity contribution in [2.24, 2.45) is 5.92 Å². The third-order valence-corrected chi connectivity index (χ3v) is 4.52. The molecule has 6 heteroatoms. The lowest BCUT2D eigenvalue weighted by atomic mass is 10.0. The molecule has 0 aliphatic carbocycles. The van der Waals surface area contributed by atoms with Crippen molar-refractivity contribution in [3.63, 3.8) is 0 Å². The van der Waals surface area contributed by atoms with E-state index in [-0.39, 0.29) is 0 Å². The minimum absolute atomic E-state index is 0.476. The highest BCUT2D eigenvalue weighted by Gasteiger charge is 2.12. The van der Waals surface area contributed by atoms with Gasteiger partial charge in [-0.1, -0.05) is 44.2 Å². The molecule has 1 aromatic carbocycles. The molecule has 6 nitrogen and oxygen atoms in total. The summed E-state index contributed by atoms with van der Waals surface area (Å²) in [6.45, 7) is 4.34. The van der Waals surface area contributed by atoms with Crippen molar-refractivity contribution in [2.75, 3.05) is 0 Å². The Morgan fingerprint density at radius 2 is 1.52 bits per heavy atom. The van der Waals surface area contributed by atoms with Crippen molar-refractivity contribution in [2.45, 2.75) is 26.7 Å². The molecule has 4 aromatic rings. The van der Waals surface area contributed by atoms with E-state index in [0.29, 0.717) is 24.0 Å². The minimum Gasteiger partial charge on any atom is -0.261 e. The molecule has 0 atom stereocenters. The van der Waals surface area contributed by atoms with Crippen molar-refractivity contribution in [1.29, 1.82) is 0 Å². The first-order valence-electron chi connectivity index (χ1n) is 9.70. The van der Waals surface area contributed by atoms with Crippen LogP contribution in [0.5, 0.6) is 0 Å². The summed E-state index contributed by atoms with van der Waals surface area (Å²) in [6.07, 6.45) is 5.17. The fourth-order valence-electron chi connectivity index (χ4n) is 3.17. The van der Waals surface area contributed by atoms with Crippen LogP contribution in [0.15, 0.2) is 67.0 Å². The van der Waals surface area contributed by atoms with Crippen LogP contribution in [0.3, 0.4) is 0 Å². The average Bonchev–Trinajstić information content (AvgIpc) is 2.75. The van der Waals surface area contributed by atoms with Crippen LogP contribution in [0, 0.1) is 5.92 Å².